The highest BCUT2D eigenvalue weighted by Crippen LogP contribution is 2.39. The van der Waals surface area contributed by atoms with Gasteiger partial charge in [-0.2, -0.15) is 0 Å². The van der Waals surface area contributed by atoms with Crippen LogP contribution in [-0.2, 0) is 14.8 Å². The molecule has 0 spiro atoms. The number of hydrogen-bond donors (Lipinski definition) is 0. The average Bonchev–Trinajstić information content (AvgIpc) is 2.97. The summed E-state index contributed by atoms with van der Waals surface area (Å²) in [5.41, 5.74) is 1.79. The number of sulfonamides is 1. The van der Waals surface area contributed by atoms with E-state index in [1.54, 1.807) is 104 Å². The van der Waals surface area contributed by atoms with E-state index in [1.165, 1.54) is 16.3 Å². The van der Waals surface area contributed by atoms with E-state index >= 15 is 0 Å². The molecule has 1 heterocycles. The summed E-state index contributed by atoms with van der Waals surface area (Å²) in [7, 11) is -1.07. The smallest absolute Gasteiger partial charge is 0.274 e. The summed E-state index contributed by atoms with van der Waals surface area (Å²) < 4.78 is 46.5. The first-order valence-corrected chi connectivity index (χ1v) is 13.7. The van der Waals surface area contributed by atoms with Gasteiger partial charge >= 0.3 is 0 Å². The van der Waals surface area contributed by atoms with E-state index in [0.717, 1.165) is 5.56 Å². The maximum absolute atomic E-state index is 14.3. The van der Waals surface area contributed by atoms with Crippen molar-refractivity contribution in [1.29, 1.82) is 0 Å². The van der Waals surface area contributed by atoms with Crippen LogP contribution < -0.4 is 23.4 Å². The molecule has 9 heteroatoms. The third-order valence-corrected chi connectivity index (χ3v) is 8.33. The van der Waals surface area contributed by atoms with Gasteiger partial charge in [0.15, 0.2) is 6.17 Å². The van der Waals surface area contributed by atoms with Crippen molar-refractivity contribution in [2.24, 2.45) is 0 Å². The minimum atomic E-state index is -4.16. The van der Waals surface area contributed by atoms with Gasteiger partial charge in [-0.05, 0) is 79.7 Å². The van der Waals surface area contributed by atoms with Crippen LogP contribution in [0.3, 0.4) is 0 Å². The Balaban J connectivity index is 1.66. The van der Waals surface area contributed by atoms with E-state index in [4.69, 9.17) is 14.2 Å². The lowest BCUT2D eigenvalue weighted by atomic mass is 10.0. The Labute approximate surface area is 228 Å². The number of ether oxygens (including phenoxy) is 3. The number of β-lactam (4-membered cyclic amide) rings is 1. The van der Waals surface area contributed by atoms with Crippen LogP contribution in [0.5, 0.6) is 17.2 Å². The molecule has 0 saturated carbocycles. The molecule has 0 N–H and O–H groups in total. The van der Waals surface area contributed by atoms with Crippen molar-refractivity contribution < 1.29 is 27.4 Å². The molecule has 0 unspecified atom stereocenters. The van der Waals surface area contributed by atoms with Crippen LogP contribution in [0.25, 0.3) is 0 Å². The van der Waals surface area contributed by atoms with Crippen molar-refractivity contribution in [2.45, 2.75) is 24.1 Å². The van der Waals surface area contributed by atoms with Crippen LogP contribution >= 0.6 is 0 Å². The molecule has 1 saturated heterocycles. The zero-order valence-corrected chi connectivity index (χ0v) is 22.5. The van der Waals surface area contributed by atoms with E-state index in [0.29, 0.717) is 28.6 Å². The highest BCUT2D eigenvalue weighted by atomic mass is 32.2. The Morgan fingerprint density at radius 2 is 1.28 bits per heavy atom. The van der Waals surface area contributed by atoms with E-state index in [-0.39, 0.29) is 10.8 Å². The van der Waals surface area contributed by atoms with Crippen molar-refractivity contribution in [3.05, 3.63) is 109 Å². The molecule has 1 aliphatic heterocycles. The van der Waals surface area contributed by atoms with Gasteiger partial charge in [-0.25, -0.2) is 12.7 Å². The number of rotatable bonds is 9. The number of para-hydroxylation sites is 1. The van der Waals surface area contributed by atoms with Gasteiger partial charge < -0.3 is 14.2 Å². The lowest BCUT2D eigenvalue weighted by Gasteiger charge is -2.50. The van der Waals surface area contributed by atoms with Crippen LogP contribution in [0.15, 0.2) is 108 Å². The molecule has 39 heavy (non-hydrogen) atoms. The molecule has 200 valence electrons. The number of carbonyl (C=O) groups is 1. The first-order chi connectivity index (χ1) is 18.8. The molecule has 1 aliphatic rings. The third-order valence-electron chi connectivity index (χ3n) is 6.52. The molecule has 1 amide bonds. The fourth-order valence-corrected chi connectivity index (χ4v) is 6.04. The summed E-state index contributed by atoms with van der Waals surface area (Å²) in [6.07, 6.45) is -2.12. The fourth-order valence-electron chi connectivity index (χ4n) is 4.44. The van der Waals surface area contributed by atoms with Crippen molar-refractivity contribution in [3.63, 3.8) is 0 Å². The molecule has 0 aliphatic carbocycles. The van der Waals surface area contributed by atoms with Gasteiger partial charge in [-0.3, -0.25) is 9.69 Å². The maximum atomic E-state index is 14.3. The molecular weight excluding hydrogens is 516 g/mol. The van der Waals surface area contributed by atoms with Gasteiger partial charge in [0.1, 0.15) is 17.2 Å². The predicted octanol–water partition coefficient (Wildman–Crippen LogP) is 5.03. The number of carbonyl (C=O) groups excluding carboxylic acids is 1. The lowest BCUT2D eigenvalue weighted by molar-refractivity contribution is -0.134. The second-order valence-electron chi connectivity index (χ2n) is 8.98. The summed E-state index contributed by atoms with van der Waals surface area (Å²) in [6, 6.07) is 29.0. The second-order valence-corrected chi connectivity index (χ2v) is 10.8. The zero-order chi connectivity index (χ0) is 27.6. The van der Waals surface area contributed by atoms with E-state index in [9.17, 15) is 13.2 Å². The third kappa shape index (κ3) is 5.00. The van der Waals surface area contributed by atoms with E-state index < -0.39 is 22.3 Å². The minimum absolute atomic E-state index is 0.0939. The molecular formula is C30H28N2O6S. The van der Waals surface area contributed by atoms with Crippen molar-refractivity contribution >= 4 is 27.3 Å². The van der Waals surface area contributed by atoms with Gasteiger partial charge in [-0.15, -0.1) is 0 Å². The SMILES string of the molecule is COc1ccc(N2C(=O)[C@H](Oc3ccccc3)[C@@H]2N(c2ccc(OC)cc2)S(=O)(=O)c2ccc(C)cc2)cc1. The Morgan fingerprint density at radius 1 is 0.718 bits per heavy atom. The minimum Gasteiger partial charge on any atom is -0.497 e. The lowest BCUT2D eigenvalue weighted by Crippen LogP contribution is -2.74. The van der Waals surface area contributed by atoms with Crippen LogP contribution in [0.1, 0.15) is 5.56 Å². The van der Waals surface area contributed by atoms with E-state index in [2.05, 4.69) is 0 Å². The summed E-state index contributed by atoms with van der Waals surface area (Å²) in [5, 5.41) is 0. The first-order valence-electron chi connectivity index (χ1n) is 12.3. The van der Waals surface area contributed by atoms with Gasteiger partial charge in [0.25, 0.3) is 15.9 Å². The second kappa shape index (κ2) is 10.7. The summed E-state index contributed by atoms with van der Waals surface area (Å²) in [6.45, 7) is 1.89. The Morgan fingerprint density at radius 3 is 1.85 bits per heavy atom. The number of methoxy groups -OCH3 is 2. The van der Waals surface area contributed by atoms with Crippen molar-refractivity contribution in [2.75, 3.05) is 23.4 Å². The number of aryl methyl sites for hydroxylation is 1. The van der Waals surface area contributed by atoms with Gasteiger partial charge in [0.2, 0.25) is 6.10 Å². The average molecular weight is 545 g/mol. The van der Waals surface area contributed by atoms with Crippen LogP contribution in [0, 0.1) is 6.92 Å². The first kappa shape index (κ1) is 26.1. The highest BCUT2D eigenvalue weighted by Gasteiger charge is 2.56. The molecule has 1 fully saturated rings. The zero-order valence-electron chi connectivity index (χ0n) is 21.7. The van der Waals surface area contributed by atoms with E-state index in [1.807, 2.05) is 13.0 Å². The predicted molar refractivity (Wildman–Crippen MR) is 149 cm³/mol. The molecule has 0 aromatic heterocycles. The van der Waals surface area contributed by atoms with Crippen LogP contribution in [-0.4, -0.2) is 40.8 Å². The number of hydrogen-bond acceptors (Lipinski definition) is 6. The van der Waals surface area contributed by atoms with Gasteiger partial charge in [0, 0.05) is 5.69 Å². The Bertz CT molecular complexity index is 1540. The molecule has 8 nitrogen and oxygen atoms in total. The largest absolute Gasteiger partial charge is 0.497 e. The Kier molecular flexibility index (Phi) is 7.17. The number of nitrogens with zero attached hydrogens (tertiary/aromatic N) is 2. The van der Waals surface area contributed by atoms with Crippen molar-refractivity contribution in [3.8, 4) is 17.2 Å². The summed E-state index contributed by atoms with van der Waals surface area (Å²) in [4.78, 5) is 15.1. The Hall–Kier alpha value is -4.50. The van der Waals surface area contributed by atoms with Gasteiger partial charge in [0.05, 0.1) is 24.8 Å². The normalized spacial score (nSPS) is 16.8. The summed E-state index contributed by atoms with van der Waals surface area (Å²) >= 11 is 0. The quantitative estimate of drug-likeness (QED) is 0.275. The molecule has 4 aromatic rings. The van der Waals surface area contributed by atoms with Crippen LogP contribution in [0.4, 0.5) is 11.4 Å². The maximum Gasteiger partial charge on any atom is 0.274 e. The summed E-state index contributed by atoms with van der Waals surface area (Å²) in [5.74, 6) is 1.27. The number of amides is 1. The fraction of sp³-hybridized carbons (Fsp3) is 0.167. The standard InChI is InChI=1S/C30H28N2O6S/c1-21-9-19-27(20-10-21)39(34,35)32(23-13-17-25(37-3)18-14-23)29-28(38-26-7-5-4-6-8-26)30(33)31(29)22-11-15-24(36-2)16-12-22/h4-20,28-29H,1-3H3/t28-,29+/m1/s1. The molecule has 4 aromatic carbocycles. The highest BCUT2D eigenvalue weighted by molar-refractivity contribution is 7.92. The topological polar surface area (TPSA) is 85.4 Å². The molecule has 5 rings (SSSR count). The number of benzene rings is 4. The van der Waals surface area contributed by atoms with Gasteiger partial charge in [-0.1, -0.05) is 35.9 Å². The van der Waals surface area contributed by atoms with Crippen LogP contribution in [0.2, 0.25) is 0 Å². The van der Waals surface area contributed by atoms with Crippen molar-refractivity contribution in [1.82, 2.24) is 0 Å². The molecule has 2 atom stereocenters. The monoisotopic (exact) mass is 544 g/mol. The molecule has 0 bridgehead atoms. The number of anilines is 2. The molecule has 0 radical (unpaired) electrons.